The highest BCUT2D eigenvalue weighted by Gasteiger charge is 2.28. The van der Waals surface area contributed by atoms with Gasteiger partial charge < -0.3 is 10.1 Å². The molecule has 3 rings (SSSR count). The SMILES string of the molecule is Cc1ccccc1OCCNC(=O)CN(c1cccc(C)c1C)S(=O)(=O)c1ccccc1. The number of rotatable bonds is 9. The topological polar surface area (TPSA) is 75.7 Å². The zero-order valence-corrected chi connectivity index (χ0v) is 19.4. The van der Waals surface area contributed by atoms with Gasteiger partial charge in [0, 0.05) is 0 Å². The summed E-state index contributed by atoms with van der Waals surface area (Å²) in [6, 6.07) is 21.2. The van der Waals surface area contributed by atoms with E-state index in [2.05, 4.69) is 5.32 Å². The van der Waals surface area contributed by atoms with Crippen molar-refractivity contribution in [3.05, 3.63) is 89.5 Å². The summed E-state index contributed by atoms with van der Waals surface area (Å²) in [4.78, 5) is 12.8. The predicted octanol–water partition coefficient (Wildman–Crippen LogP) is 4.00. The van der Waals surface area contributed by atoms with Gasteiger partial charge in [0.15, 0.2) is 0 Å². The van der Waals surface area contributed by atoms with E-state index >= 15 is 0 Å². The summed E-state index contributed by atoms with van der Waals surface area (Å²) in [7, 11) is -3.93. The van der Waals surface area contributed by atoms with Crippen molar-refractivity contribution in [1.82, 2.24) is 5.32 Å². The summed E-state index contributed by atoms with van der Waals surface area (Å²) in [5.74, 6) is 0.351. The van der Waals surface area contributed by atoms with Crippen molar-refractivity contribution in [2.45, 2.75) is 25.7 Å². The smallest absolute Gasteiger partial charge is 0.264 e. The molecule has 32 heavy (non-hydrogen) atoms. The Kier molecular flexibility index (Phi) is 7.53. The number of ether oxygens (including phenoxy) is 1. The average Bonchev–Trinajstić information content (AvgIpc) is 2.79. The quantitative estimate of drug-likeness (QED) is 0.498. The number of nitrogens with one attached hydrogen (secondary N) is 1. The van der Waals surface area contributed by atoms with Gasteiger partial charge in [-0.3, -0.25) is 9.10 Å². The third kappa shape index (κ3) is 5.48. The third-order valence-electron chi connectivity index (χ3n) is 5.24. The van der Waals surface area contributed by atoms with Crippen LogP contribution in [-0.4, -0.2) is 34.0 Å². The minimum absolute atomic E-state index is 0.136. The van der Waals surface area contributed by atoms with Crippen LogP contribution in [-0.2, 0) is 14.8 Å². The van der Waals surface area contributed by atoms with Gasteiger partial charge in [-0.05, 0) is 61.7 Å². The summed E-state index contributed by atoms with van der Waals surface area (Å²) in [6.45, 7) is 5.93. The molecule has 0 saturated heterocycles. The van der Waals surface area contributed by atoms with Gasteiger partial charge in [0.2, 0.25) is 5.91 Å². The number of carbonyl (C=O) groups is 1. The molecule has 0 heterocycles. The van der Waals surface area contributed by atoms with Crippen LogP contribution in [0.1, 0.15) is 16.7 Å². The number of benzene rings is 3. The van der Waals surface area contributed by atoms with E-state index < -0.39 is 15.9 Å². The number of carbonyl (C=O) groups excluding carboxylic acids is 1. The normalized spacial score (nSPS) is 11.1. The summed E-state index contributed by atoms with van der Waals surface area (Å²) < 4.78 is 33.7. The maximum Gasteiger partial charge on any atom is 0.264 e. The van der Waals surface area contributed by atoms with Crippen LogP contribution in [0.2, 0.25) is 0 Å². The number of hydrogen-bond acceptors (Lipinski definition) is 4. The van der Waals surface area contributed by atoms with Gasteiger partial charge in [-0.2, -0.15) is 0 Å². The molecule has 0 spiro atoms. The van der Waals surface area contributed by atoms with E-state index in [4.69, 9.17) is 4.74 Å². The van der Waals surface area contributed by atoms with Gasteiger partial charge >= 0.3 is 0 Å². The Labute approximate surface area is 189 Å². The Morgan fingerprint density at radius 3 is 2.25 bits per heavy atom. The van der Waals surface area contributed by atoms with E-state index in [0.717, 1.165) is 22.4 Å². The van der Waals surface area contributed by atoms with Gasteiger partial charge in [0.25, 0.3) is 10.0 Å². The van der Waals surface area contributed by atoms with Crippen molar-refractivity contribution in [3.8, 4) is 5.75 Å². The zero-order chi connectivity index (χ0) is 23.1. The molecule has 0 saturated carbocycles. The fraction of sp³-hybridized carbons (Fsp3) is 0.240. The lowest BCUT2D eigenvalue weighted by Gasteiger charge is -2.26. The highest BCUT2D eigenvalue weighted by Crippen LogP contribution is 2.28. The summed E-state index contributed by atoms with van der Waals surface area (Å²) in [6.07, 6.45) is 0. The molecule has 1 N–H and O–H groups in total. The first-order valence-electron chi connectivity index (χ1n) is 10.4. The van der Waals surface area contributed by atoms with Gasteiger partial charge in [-0.15, -0.1) is 0 Å². The van der Waals surface area contributed by atoms with Crippen molar-refractivity contribution in [1.29, 1.82) is 0 Å². The number of aryl methyl sites for hydroxylation is 2. The first-order chi connectivity index (χ1) is 15.3. The molecule has 0 aliphatic carbocycles. The van der Waals surface area contributed by atoms with Gasteiger partial charge in [-0.25, -0.2) is 8.42 Å². The third-order valence-corrected chi connectivity index (χ3v) is 7.01. The second kappa shape index (κ2) is 10.3. The molecule has 3 aromatic carbocycles. The summed E-state index contributed by atoms with van der Waals surface area (Å²) in [5, 5.41) is 2.76. The van der Waals surface area contributed by atoms with Crippen LogP contribution in [0.5, 0.6) is 5.75 Å². The number of hydrogen-bond donors (Lipinski definition) is 1. The lowest BCUT2D eigenvalue weighted by atomic mass is 10.1. The molecule has 168 valence electrons. The number of sulfonamides is 1. The maximum atomic E-state index is 13.4. The van der Waals surface area contributed by atoms with Crippen molar-refractivity contribution in [2.75, 3.05) is 24.0 Å². The van der Waals surface area contributed by atoms with Crippen molar-refractivity contribution >= 4 is 21.6 Å². The molecule has 0 aliphatic rings. The van der Waals surface area contributed by atoms with Crippen LogP contribution < -0.4 is 14.4 Å². The van der Waals surface area contributed by atoms with Crippen molar-refractivity contribution in [2.24, 2.45) is 0 Å². The van der Waals surface area contributed by atoms with Crippen LogP contribution in [0.4, 0.5) is 5.69 Å². The fourth-order valence-corrected chi connectivity index (χ4v) is 4.78. The van der Waals surface area contributed by atoms with Gasteiger partial charge in [0.05, 0.1) is 17.1 Å². The van der Waals surface area contributed by atoms with E-state index in [9.17, 15) is 13.2 Å². The number of nitrogens with zero attached hydrogens (tertiary/aromatic N) is 1. The van der Waals surface area contributed by atoms with Crippen molar-refractivity contribution < 1.29 is 17.9 Å². The van der Waals surface area contributed by atoms with Crippen LogP contribution in [0, 0.1) is 20.8 Å². The van der Waals surface area contributed by atoms with E-state index in [1.54, 1.807) is 30.3 Å². The number of para-hydroxylation sites is 1. The molecule has 3 aromatic rings. The minimum Gasteiger partial charge on any atom is -0.491 e. The van der Waals surface area contributed by atoms with E-state index in [0.29, 0.717) is 5.69 Å². The zero-order valence-electron chi connectivity index (χ0n) is 18.5. The molecule has 0 radical (unpaired) electrons. The Bertz CT molecular complexity index is 1180. The van der Waals surface area contributed by atoms with Crippen LogP contribution in [0.25, 0.3) is 0 Å². The first kappa shape index (κ1) is 23.3. The van der Waals surface area contributed by atoms with Crippen LogP contribution >= 0.6 is 0 Å². The second-order valence-corrected chi connectivity index (χ2v) is 9.37. The lowest BCUT2D eigenvalue weighted by Crippen LogP contribution is -2.42. The van der Waals surface area contributed by atoms with Crippen LogP contribution in [0.15, 0.2) is 77.7 Å². The Morgan fingerprint density at radius 1 is 0.875 bits per heavy atom. The number of anilines is 1. The van der Waals surface area contributed by atoms with Crippen molar-refractivity contribution in [3.63, 3.8) is 0 Å². The predicted molar refractivity (Wildman–Crippen MR) is 127 cm³/mol. The maximum absolute atomic E-state index is 13.4. The molecule has 6 nitrogen and oxygen atoms in total. The number of amides is 1. The lowest BCUT2D eigenvalue weighted by molar-refractivity contribution is -0.119. The molecule has 0 fully saturated rings. The Morgan fingerprint density at radius 2 is 1.53 bits per heavy atom. The second-order valence-electron chi connectivity index (χ2n) is 7.51. The molecular formula is C25H28N2O4S. The molecule has 0 aromatic heterocycles. The highest BCUT2D eigenvalue weighted by molar-refractivity contribution is 7.92. The van der Waals surface area contributed by atoms with Gasteiger partial charge in [-0.1, -0.05) is 48.5 Å². The minimum atomic E-state index is -3.93. The van der Waals surface area contributed by atoms with Crippen LogP contribution in [0.3, 0.4) is 0 Å². The first-order valence-corrected chi connectivity index (χ1v) is 11.8. The monoisotopic (exact) mass is 452 g/mol. The van der Waals surface area contributed by atoms with E-state index in [-0.39, 0.29) is 24.6 Å². The molecule has 0 unspecified atom stereocenters. The summed E-state index contributed by atoms with van der Waals surface area (Å²) in [5.41, 5.74) is 3.25. The largest absolute Gasteiger partial charge is 0.491 e. The highest BCUT2D eigenvalue weighted by atomic mass is 32.2. The molecule has 1 amide bonds. The van der Waals surface area contributed by atoms with E-state index in [1.165, 1.54) is 16.4 Å². The molecule has 7 heteroatoms. The Balaban J connectivity index is 1.75. The molecule has 0 bridgehead atoms. The van der Waals surface area contributed by atoms with E-state index in [1.807, 2.05) is 51.1 Å². The molecule has 0 atom stereocenters. The summed E-state index contributed by atoms with van der Waals surface area (Å²) >= 11 is 0. The molecular weight excluding hydrogens is 424 g/mol. The Hall–Kier alpha value is -3.32. The fourth-order valence-electron chi connectivity index (χ4n) is 3.28. The average molecular weight is 453 g/mol. The standard InChI is InChI=1S/C25H28N2O4S/c1-19-11-9-14-23(21(19)3)27(32(29,30)22-12-5-4-6-13-22)18-25(28)26-16-17-31-24-15-8-7-10-20(24)2/h4-15H,16-18H2,1-3H3,(H,26,28). The molecule has 0 aliphatic heterocycles. The van der Waals surface area contributed by atoms with Gasteiger partial charge in [0.1, 0.15) is 18.9 Å².